The number of carboxylic acids is 2. The van der Waals surface area contributed by atoms with Crippen LogP contribution in [-0.2, 0) is 9.59 Å². The van der Waals surface area contributed by atoms with Crippen molar-refractivity contribution in [1.82, 2.24) is 0 Å². The van der Waals surface area contributed by atoms with Crippen LogP contribution < -0.4 is 0 Å². The monoisotopic (exact) mass is 408 g/mol. The maximum Gasteiger partial charge on any atom is 0.307 e. The van der Waals surface area contributed by atoms with Crippen LogP contribution >= 0.6 is 0 Å². The summed E-state index contributed by atoms with van der Waals surface area (Å²) >= 11 is 0. The molecule has 0 radical (unpaired) electrons. The Morgan fingerprint density at radius 3 is 1.76 bits per heavy atom. The average Bonchev–Trinajstić information content (AvgIpc) is 2.99. The third-order valence-electron chi connectivity index (χ3n) is 7.52. The molecule has 0 bridgehead atoms. The second-order valence-corrected chi connectivity index (χ2v) is 12.6. The number of hydrogen-bond acceptors (Lipinski definition) is 2. The topological polar surface area (TPSA) is 74.6 Å². The molecule has 0 saturated heterocycles. The Morgan fingerprint density at radius 2 is 1.34 bits per heavy atom. The summed E-state index contributed by atoms with van der Waals surface area (Å²) in [4.78, 5) is 24.0. The lowest BCUT2D eigenvalue weighted by Gasteiger charge is -2.58. The van der Waals surface area contributed by atoms with Crippen molar-refractivity contribution < 1.29 is 19.8 Å². The van der Waals surface area contributed by atoms with Gasteiger partial charge in [-0.3, -0.25) is 9.59 Å². The van der Waals surface area contributed by atoms with Gasteiger partial charge in [-0.2, -0.15) is 0 Å². The lowest BCUT2D eigenvalue weighted by Crippen LogP contribution is -2.52. The zero-order valence-corrected chi connectivity index (χ0v) is 19.6. The van der Waals surface area contributed by atoms with E-state index in [4.69, 9.17) is 0 Å². The third kappa shape index (κ3) is 5.76. The van der Waals surface area contributed by atoms with Gasteiger partial charge in [-0.05, 0) is 66.1 Å². The van der Waals surface area contributed by atoms with Crippen LogP contribution in [0.5, 0.6) is 0 Å². The first-order chi connectivity index (χ1) is 13.2. The van der Waals surface area contributed by atoms with E-state index in [0.717, 1.165) is 57.8 Å². The summed E-state index contributed by atoms with van der Waals surface area (Å²) in [5.41, 5.74) is 0.0325. The van der Waals surface area contributed by atoms with Crippen LogP contribution in [-0.4, -0.2) is 22.2 Å². The van der Waals surface area contributed by atoms with E-state index in [1.807, 2.05) is 0 Å². The first kappa shape index (κ1) is 24.2. The Morgan fingerprint density at radius 1 is 0.862 bits per heavy atom. The summed E-state index contributed by atoms with van der Waals surface area (Å²) in [6, 6.07) is 0. The molecule has 0 aromatic heterocycles. The standard InChI is InChI=1S/C25H44O4/c1-22(2,3)16-24(17-23(4,5)6)12-8-7-11-19(24)25(13-9-10-14-25)18(21(28)29)15-20(26)27/h18-19H,7-17H2,1-6H3,(H,26,27)(H,28,29). The summed E-state index contributed by atoms with van der Waals surface area (Å²) in [6.45, 7) is 13.8. The van der Waals surface area contributed by atoms with Gasteiger partial charge in [0.15, 0.2) is 0 Å². The van der Waals surface area contributed by atoms with Gasteiger partial charge in [-0.15, -0.1) is 0 Å². The fourth-order valence-electron chi connectivity index (χ4n) is 7.49. The van der Waals surface area contributed by atoms with Crippen LogP contribution in [0.15, 0.2) is 0 Å². The Hall–Kier alpha value is -1.06. The van der Waals surface area contributed by atoms with E-state index in [1.165, 1.54) is 6.42 Å². The van der Waals surface area contributed by atoms with Gasteiger partial charge >= 0.3 is 11.9 Å². The van der Waals surface area contributed by atoms with Crippen LogP contribution in [0, 0.1) is 33.5 Å². The van der Waals surface area contributed by atoms with E-state index in [0.29, 0.717) is 5.92 Å². The van der Waals surface area contributed by atoms with Crippen LogP contribution in [0.4, 0.5) is 0 Å². The normalized spacial score (nSPS) is 25.5. The molecule has 29 heavy (non-hydrogen) atoms. The van der Waals surface area contributed by atoms with E-state index in [2.05, 4.69) is 41.5 Å². The minimum Gasteiger partial charge on any atom is -0.481 e. The minimum absolute atomic E-state index is 0.0886. The number of carboxylic acid groups (broad SMARTS) is 2. The quantitative estimate of drug-likeness (QED) is 0.487. The maximum absolute atomic E-state index is 12.4. The molecule has 0 aromatic rings. The van der Waals surface area contributed by atoms with Crippen molar-refractivity contribution in [2.75, 3.05) is 0 Å². The first-order valence-corrected chi connectivity index (χ1v) is 11.7. The largest absolute Gasteiger partial charge is 0.481 e. The van der Waals surface area contributed by atoms with Crippen molar-refractivity contribution in [3.8, 4) is 0 Å². The highest BCUT2D eigenvalue weighted by Gasteiger charge is 2.58. The molecule has 2 rings (SSSR count). The molecule has 4 heteroatoms. The number of aliphatic carboxylic acids is 2. The molecule has 2 fully saturated rings. The van der Waals surface area contributed by atoms with E-state index >= 15 is 0 Å². The first-order valence-electron chi connectivity index (χ1n) is 11.7. The van der Waals surface area contributed by atoms with Crippen molar-refractivity contribution in [2.45, 2.75) is 112 Å². The number of hydrogen-bond donors (Lipinski definition) is 2. The van der Waals surface area contributed by atoms with Crippen LogP contribution in [0.3, 0.4) is 0 Å². The molecule has 0 aliphatic heterocycles. The lowest BCUT2D eigenvalue weighted by atomic mass is 9.46. The van der Waals surface area contributed by atoms with Crippen molar-refractivity contribution in [2.24, 2.45) is 33.5 Å². The SMILES string of the molecule is CC(C)(C)CC1(CC(C)(C)C)CCCCC1C1(C(CC(=O)O)C(=O)O)CCCC1. The number of rotatable bonds is 7. The molecule has 2 unspecified atom stereocenters. The second-order valence-electron chi connectivity index (χ2n) is 12.6. The summed E-state index contributed by atoms with van der Waals surface area (Å²) in [5.74, 6) is -2.35. The van der Waals surface area contributed by atoms with Gasteiger partial charge in [0.05, 0.1) is 12.3 Å². The summed E-state index contributed by atoms with van der Waals surface area (Å²) in [5, 5.41) is 19.7. The minimum atomic E-state index is -0.975. The van der Waals surface area contributed by atoms with Gasteiger partial charge in [0.1, 0.15) is 0 Å². The van der Waals surface area contributed by atoms with Gasteiger partial charge in [-0.25, -0.2) is 0 Å². The fourth-order valence-corrected chi connectivity index (χ4v) is 7.49. The molecule has 2 aliphatic carbocycles. The summed E-state index contributed by atoms with van der Waals surface area (Å²) in [7, 11) is 0. The molecule has 168 valence electrons. The van der Waals surface area contributed by atoms with Crippen molar-refractivity contribution in [3.63, 3.8) is 0 Å². The molecule has 2 saturated carbocycles. The van der Waals surface area contributed by atoms with Crippen LogP contribution in [0.25, 0.3) is 0 Å². The Kier molecular flexibility index (Phi) is 7.17. The van der Waals surface area contributed by atoms with Crippen molar-refractivity contribution >= 4 is 11.9 Å². The Bertz CT molecular complexity index is 571. The molecule has 4 nitrogen and oxygen atoms in total. The van der Waals surface area contributed by atoms with Gasteiger partial charge < -0.3 is 10.2 Å². The highest BCUT2D eigenvalue weighted by Crippen LogP contribution is 2.65. The fraction of sp³-hybridized carbons (Fsp3) is 0.920. The van der Waals surface area contributed by atoms with Crippen molar-refractivity contribution in [1.29, 1.82) is 0 Å². The zero-order chi connectivity index (χ0) is 22.1. The summed E-state index contributed by atoms with van der Waals surface area (Å²) in [6.07, 6.45) is 10.3. The highest BCUT2D eigenvalue weighted by molar-refractivity contribution is 5.78. The second kappa shape index (κ2) is 8.59. The van der Waals surface area contributed by atoms with Crippen LogP contribution in [0.1, 0.15) is 112 Å². The van der Waals surface area contributed by atoms with E-state index in [1.54, 1.807) is 0 Å². The Labute approximate surface area is 177 Å². The number of carbonyl (C=O) groups is 2. The van der Waals surface area contributed by atoms with E-state index in [-0.39, 0.29) is 28.1 Å². The average molecular weight is 409 g/mol. The lowest BCUT2D eigenvalue weighted by molar-refractivity contribution is -0.162. The third-order valence-corrected chi connectivity index (χ3v) is 7.52. The zero-order valence-electron chi connectivity index (χ0n) is 19.6. The highest BCUT2D eigenvalue weighted by atomic mass is 16.4. The molecule has 2 atom stereocenters. The van der Waals surface area contributed by atoms with Gasteiger partial charge in [0.25, 0.3) is 0 Å². The Balaban J connectivity index is 2.60. The van der Waals surface area contributed by atoms with Crippen molar-refractivity contribution in [3.05, 3.63) is 0 Å². The predicted octanol–water partition coefficient (Wildman–Crippen LogP) is 6.77. The summed E-state index contributed by atoms with van der Waals surface area (Å²) < 4.78 is 0. The van der Waals surface area contributed by atoms with Gasteiger partial charge in [0, 0.05) is 0 Å². The smallest absolute Gasteiger partial charge is 0.307 e. The van der Waals surface area contributed by atoms with E-state index < -0.39 is 17.9 Å². The molecule has 0 heterocycles. The van der Waals surface area contributed by atoms with Crippen LogP contribution in [0.2, 0.25) is 0 Å². The molecule has 2 aliphatic rings. The molecule has 0 aromatic carbocycles. The molecule has 0 spiro atoms. The maximum atomic E-state index is 12.4. The molecule has 0 amide bonds. The predicted molar refractivity (Wildman–Crippen MR) is 117 cm³/mol. The molecular formula is C25H44O4. The van der Waals surface area contributed by atoms with Gasteiger partial charge in [-0.1, -0.05) is 67.2 Å². The van der Waals surface area contributed by atoms with Gasteiger partial charge in [0.2, 0.25) is 0 Å². The molecular weight excluding hydrogens is 364 g/mol. The molecule has 2 N–H and O–H groups in total. The van der Waals surface area contributed by atoms with E-state index in [9.17, 15) is 19.8 Å².